The van der Waals surface area contributed by atoms with Gasteiger partial charge in [0.25, 0.3) is 5.91 Å². The minimum atomic E-state index is -0.604. The van der Waals surface area contributed by atoms with Crippen molar-refractivity contribution in [2.24, 2.45) is 0 Å². The molecule has 1 N–H and O–H groups in total. The van der Waals surface area contributed by atoms with Crippen LogP contribution < -0.4 is 10.1 Å². The highest BCUT2D eigenvalue weighted by atomic mass is 16.5. The number of hydrogen-bond donors (Lipinski definition) is 1. The summed E-state index contributed by atoms with van der Waals surface area (Å²) in [5, 5.41) is 11.5. The molecule has 1 rings (SSSR count). The molecule has 0 saturated heterocycles. The summed E-state index contributed by atoms with van der Waals surface area (Å²) in [6.07, 6.45) is -0.604. The number of nitrogens with zero attached hydrogens (tertiary/aromatic N) is 1. The monoisotopic (exact) mass is 262 g/mol. The van der Waals surface area contributed by atoms with E-state index in [1.165, 1.54) is 0 Å². The summed E-state index contributed by atoms with van der Waals surface area (Å²) in [6, 6.07) is 8.58. The average Bonchev–Trinajstić information content (AvgIpc) is 2.39. The van der Waals surface area contributed by atoms with E-state index in [1.54, 1.807) is 38.3 Å². The highest BCUT2D eigenvalue weighted by Crippen LogP contribution is 2.13. The molecule has 0 heterocycles. The van der Waals surface area contributed by atoms with Crippen molar-refractivity contribution in [2.75, 3.05) is 13.7 Å². The molecular weight excluding hydrogens is 244 g/mol. The van der Waals surface area contributed by atoms with Crippen LogP contribution >= 0.6 is 0 Å². The number of ether oxygens (including phenoxy) is 2. The fourth-order valence-electron chi connectivity index (χ4n) is 1.52. The topological polar surface area (TPSA) is 71.3 Å². The average molecular weight is 262 g/mol. The van der Waals surface area contributed by atoms with Crippen LogP contribution in [0.4, 0.5) is 0 Å². The normalized spacial score (nSPS) is 13.2. The van der Waals surface area contributed by atoms with E-state index in [-0.39, 0.29) is 11.9 Å². The Morgan fingerprint density at radius 2 is 2.00 bits per heavy atom. The molecule has 102 valence electrons. The van der Waals surface area contributed by atoms with Crippen LogP contribution in [0.15, 0.2) is 24.3 Å². The zero-order chi connectivity index (χ0) is 14.3. The Morgan fingerprint density at radius 3 is 2.53 bits per heavy atom. The fraction of sp³-hybridized carbons (Fsp3) is 0.429. The number of nitrogens with one attached hydrogen (secondary N) is 1. The minimum absolute atomic E-state index is 0.0653. The third-order valence-corrected chi connectivity index (χ3v) is 2.47. The first-order chi connectivity index (χ1) is 9.06. The van der Waals surface area contributed by atoms with Gasteiger partial charge in [-0.2, -0.15) is 5.26 Å². The molecule has 2 atom stereocenters. The number of benzene rings is 1. The number of hydrogen-bond acceptors (Lipinski definition) is 4. The van der Waals surface area contributed by atoms with Crippen molar-refractivity contribution in [1.29, 1.82) is 5.26 Å². The van der Waals surface area contributed by atoms with Crippen molar-refractivity contribution in [3.63, 3.8) is 0 Å². The van der Waals surface area contributed by atoms with Crippen LogP contribution in [0, 0.1) is 11.3 Å². The molecule has 0 bridgehead atoms. The zero-order valence-electron chi connectivity index (χ0n) is 11.3. The van der Waals surface area contributed by atoms with Crippen molar-refractivity contribution in [1.82, 2.24) is 5.32 Å². The number of nitriles is 1. The molecule has 0 aromatic heterocycles. The molecular formula is C14H18N2O3. The number of rotatable bonds is 6. The molecule has 0 aliphatic rings. The molecule has 0 spiro atoms. The summed E-state index contributed by atoms with van der Waals surface area (Å²) in [4.78, 5) is 11.8. The Labute approximate surface area is 113 Å². The van der Waals surface area contributed by atoms with Crippen molar-refractivity contribution in [3.05, 3.63) is 29.8 Å². The van der Waals surface area contributed by atoms with Gasteiger partial charge < -0.3 is 14.8 Å². The lowest BCUT2D eigenvalue weighted by molar-refractivity contribution is -0.128. The third kappa shape index (κ3) is 4.98. The van der Waals surface area contributed by atoms with Crippen LogP contribution in [0.5, 0.6) is 5.75 Å². The van der Waals surface area contributed by atoms with Gasteiger partial charge in [0.2, 0.25) is 0 Å². The van der Waals surface area contributed by atoms with Gasteiger partial charge in [-0.25, -0.2) is 0 Å². The van der Waals surface area contributed by atoms with Crippen LogP contribution in [0.3, 0.4) is 0 Å². The van der Waals surface area contributed by atoms with Gasteiger partial charge in [-0.3, -0.25) is 4.79 Å². The quantitative estimate of drug-likeness (QED) is 0.842. The summed E-state index contributed by atoms with van der Waals surface area (Å²) in [5.41, 5.74) is 0.554. The summed E-state index contributed by atoms with van der Waals surface area (Å²) in [7, 11) is 1.58. The molecule has 1 aromatic carbocycles. The zero-order valence-corrected chi connectivity index (χ0v) is 11.3. The van der Waals surface area contributed by atoms with Crippen LogP contribution in [0.2, 0.25) is 0 Å². The Bertz CT molecular complexity index is 451. The van der Waals surface area contributed by atoms with Gasteiger partial charge in [0, 0.05) is 13.2 Å². The number of amides is 1. The Kier molecular flexibility index (Phi) is 5.83. The van der Waals surface area contributed by atoms with E-state index >= 15 is 0 Å². The fourth-order valence-corrected chi connectivity index (χ4v) is 1.52. The van der Waals surface area contributed by atoms with Crippen LogP contribution in [0.25, 0.3) is 0 Å². The molecule has 0 aliphatic heterocycles. The number of methoxy groups -OCH3 is 1. The van der Waals surface area contributed by atoms with Gasteiger partial charge in [0.15, 0.2) is 6.10 Å². The molecule has 1 amide bonds. The highest BCUT2D eigenvalue weighted by Gasteiger charge is 2.16. The Morgan fingerprint density at radius 1 is 1.37 bits per heavy atom. The van der Waals surface area contributed by atoms with Crippen LogP contribution in [-0.4, -0.2) is 31.8 Å². The summed E-state index contributed by atoms with van der Waals surface area (Å²) >= 11 is 0. The van der Waals surface area contributed by atoms with E-state index < -0.39 is 6.10 Å². The molecule has 0 fully saturated rings. The molecule has 2 unspecified atom stereocenters. The van der Waals surface area contributed by atoms with Crippen molar-refractivity contribution < 1.29 is 14.3 Å². The lowest BCUT2D eigenvalue weighted by Gasteiger charge is -2.18. The van der Waals surface area contributed by atoms with Gasteiger partial charge in [-0.05, 0) is 38.1 Å². The number of carbonyl (C=O) groups is 1. The molecule has 19 heavy (non-hydrogen) atoms. The van der Waals surface area contributed by atoms with Gasteiger partial charge in [0.1, 0.15) is 5.75 Å². The van der Waals surface area contributed by atoms with Gasteiger partial charge in [-0.15, -0.1) is 0 Å². The second-order valence-corrected chi connectivity index (χ2v) is 4.26. The predicted octanol–water partition coefficient (Wildman–Crippen LogP) is 1.48. The summed E-state index contributed by atoms with van der Waals surface area (Å²) in [5.74, 6) is 0.356. The maximum atomic E-state index is 11.8. The van der Waals surface area contributed by atoms with Gasteiger partial charge >= 0.3 is 0 Å². The van der Waals surface area contributed by atoms with Gasteiger partial charge in [-0.1, -0.05) is 0 Å². The van der Waals surface area contributed by atoms with Crippen LogP contribution in [-0.2, 0) is 9.53 Å². The molecule has 1 aromatic rings. The van der Waals surface area contributed by atoms with Gasteiger partial charge in [0.05, 0.1) is 18.2 Å². The maximum absolute atomic E-state index is 11.8. The molecule has 0 saturated carbocycles. The van der Waals surface area contributed by atoms with Crippen molar-refractivity contribution in [2.45, 2.75) is 26.0 Å². The Balaban J connectivity index is 2.51. The first kappa shape index (κ1) is 15.0. The Hall–Kier alpha value is -2.06. The molecule has 5 heteroatoms. The van der Waals surface area contributed by atoms with Crippen LogP contribution in [0.1, 0.15) is 19.4 Å². The second kappa shape index (κ2) is 7.39. The summed E-state index contributed by atoms with van der Waals surface area (Å²) in [6.45, 7) is 3.98. The SMILES string of the molecule is COCC(C)NC(=O)C(C)Oc1ccc(C#N)cc1. The lowest BCUT2D eigenvalue weighted by atomic mass is 10.2. The second-order valence-electron chi connectivity index (χ2n) is 4.26. The van der Waals surface area contributed by atoms with E-state index in [9.17, 15) is 4.79 Å². The first-order valence-corrected chi connectivity index (χ1v) is 6.03. The predicted molar refractivity (Wildman–Crippen MR) is 70.7 cm³/mol. The largest absolute Gasteiger partial charge is 0.481 e. The smallest absolute Gasteiger partial charge is 0.261 e. The van der Waals surface area contributed by atoms with E-state index in [0.717, 1.165) is 0 Å². The minimum Gasteiger partial charge on any atom is -0.481 e. The molecule has 0 aliphatic carbocycles. The van der Waals surface area contributed by atoms with E-state index in [0.29, 0.717) is 17.9 Å². The molecule has 5 nitrogen and oxygen atoms in total. The van der Waals surface area contributed by atoms with E-state index in [2.05, 4.69) is 5.32 Å². The lowest BCUT2D eigenvalue weighted by Crippen LogP contribution is -2.43. The number of carbonyl (C=O) groups excluding carboxylic acids is 1. The highest BCUT2D eigenvalue weighted by molar-refractivity contribution is 5.80. The van der Waals surface area contributed by atoms with E-state index in [4.69, 9.17) is 14.7 Å². The van der Waals surface area contributed by atoms with Crippen molar-refractivity contribution >= 4 is 5.91 Å². The third-order valence-electron chi connectivity index (χ3n) is 2.47. The van der Waals surface area contributed by atoms with E-state index in [1.807, 2.05) is 13.0 Å². The molecule has 0 radical (unpaired) electrons. The summed E-state index contributed by atoms with van der Waals surface area (Å²) < 4.78 is 10.4. The maximum Gasteiger partial charge on any atom is 0.261 e. The standard InChI is InChI=1S/C14H18N2O3/c1-10(9-18-3)16-14(17)11(2)19-13-6-4-12(8-15)5-7-13/h4-7,10-11H,9H2,1-3H3,(H,16,17). The first-order valence-electron chi connectivity index (χ1n) is 6.03. The van der Waals surface area contributed by atoms with Crippen molar-refractivity contribution in [3.8, 4) is 11.8 Å².